The Morgan fingerprint density at radius 1 is 1.78 bits per heavy atom. The van der Waals surface area contributed by atoms with E-state index in [4.69, 9.17) is 0 Å². The Balaban J connectivity index is 3.63. The summed E-state index contributed by atoms with van der Waals surface area (Å²) >= 11 is 0. The first-order chi connectivity index (χ1) is 4.26. The minimum atomic E-state index is 0.146. The normalized spacial score (nSPS) is 12.8. The molecule has 1 atom stereocenters. The summed E-state index contributed by atoms with van der Waals surface area (Å²) in [5, 5.41) is 2.96. The molecular weight excluding hydrogens is 116 g/mol. The van der Waals surface area contributed by atoms with Crippen molar-refractivity contribution in [1.82, 2.24) is 10.2 Å². The van der Waals surface area contributed by atoms with E-state index >= 15 is 0 Å². The summed E-state index contributed by atoms with van der Waals surface area (Å²) in [5.41, 5.74) is 0. The van der Waals surface area contributed by atoms with Gasteiger partial charge in [-0.1, -0.05) is 0 Å². The van der Waals surface area contributed by atoms with Gasteiger partial charge in [-0.25, -0.2) is 0 Å². The second-order valence-electron chi connectivity index (χ2n) is 1.90. The maximum Gasteiger partial charge on any atom is 0.210 e. The Labute approximate surface area is 56.0 Å². The molecule has 1 amide bonds. The first-order valence-electron chi connectivity index (χ1n) is 3.14. The van der Waals surface area contributed by atoms with Gasteiger partial charge in [0.1, 0.15) is 0 Å². The lowest BCUT2D eigenvalue weighted by molar-refractivity contribution is -0.120. The molecule has 0 heterocycles. The molecule has 0 aromatic heterocycles. The number of nitrogens with one attached hydrogen (secondary N) is 1. The first-order valence-corrected chi connectivity index (χ1v) is 3.14. The van der Waals surface area contributed by atoms with Crippen molar-refractivity contribution in [3.8, 4) is 0 Å². The van der Waals surface area contributed by atoms with Gasteiger partial charge in [0.25, 0.3) is 0 Å². The number of amides is 1. The lowest BCUT2D eigenvalue weighted by Gasteiger charge is -2.22. The Morgan fingerprint density at radius 2 is 2.33 bits per heavy atom. The monoisotopic (exact) mass is 130 g/mol. The fourth-order valence-corrected chi connectivity index (χ4v) is 0.606. The third-order valence-corrected chi connectivity index (χ3v) is 1.42. The van der Waals surface area contributed by atoms with Gasteiger partial charge >= 0.3 is 0 Å². The van der Waals surface area contributed by atoms with E-state index in [1.807, 2.05) is 20.9 Å². The van der Waals surface area contributed by atoms with E-state index < -0.39 is 0 Å². The highest BCUT2D eigenvalue weighted by molar-refractivity contribution is 5.47. The van der Waals surface area contributed by atoms with Crippen molar-refractivity contribution in [2.45, 2.75) is 20.0 Å². The summed E-state index contributed by atoms with van der Waals surface area (Å²) in [4.78, 5) is 11.9. The lowest BCUT2D eigenvalue weighted by atomic mass is 10.5. The van der Waals surface area contributed by atoms with E-state index in [1.165, 1.54) is 0 Å². The molecule has 1 N–H and O–H groups in total. The summed E-state index contributed by atoms with van der Waals surface area (Å²) in [6, 6.07) is 0. The largest absolute Gasteiger partial charge is 0.330 e. The van der Waals surface area contributed by atoms with Crippen LogP contribution in [0.1, 0.15) is 13.8 Å². The van der Waals surface area contributed by atoms with Crippen LogP contribution in [0.15, 0.2) is 0 Å². The van der Waals surface area contributed by atoms with Gasteiger partial charge in [-0.05, 0) is 20.9 Å². The summed E-state index contributed by atoms with van der Waals surface area (Å²) in [6.07, 6.45) is 0.994. The molecule has 0 aromatic carbocycles. The molecule has 0 aliphatic carbocycles. The topological polar surface area (TPSA) is 32.3 Å². The van der Waals surface area contributed by atoms with Crippen LogP contribution >= 0.6 is 0 Å². The van der Waals surface area contributed by atoms with Crippen LogP contribution in [-0.2, 0) is 4.79 Å². The highest BCUT2D eigenvalue weighted by Crippen LogP contribution is 1.87. The molecule has 0 rings (SSSR count). The number of nitrogens with zero attached hydrogens (tertiary/aromatic N) is 1. The fraction of sp³-hybridized carbons (Fsp3) is 0.833. The minimum absolute atomic E-state index is 0.146. The number of hydrogen-bond donors (Lipinski definition) is 1. The van der Waals surface area contributed by atoms with Crippen LogP contribution in [0.3, 0.4) is 0 Å². The van der Waals surface area contributed by atoms with E-state index in [0.29, 0.717) is 0 Å². The quantitative estimate of drug-likeness (QED) is 0.430. The van der Waals surface area contributed by atoms with Gasteiger partial charge in [-0.15, -0.1) is 0 Å². The maximum atomic E-state index is 10.2. The molecule has 0 saturated heterocycles. The zero-order valence-electron chi connectivity index (χ0n) is 6.22. The van der Waals surface area contributed by atoms with Crippen molar-refractivity contribution in [2.24, 2.45) is 0 Å². The van der Waals surface area contributed by atoms with Gasteiger partial charge in [0, 0.05) is 6.54 Å². The molecule has 54 valence electrons. The number of hydrogen-bond acceptors (Lipinski definition) is 2. The second kappa shape index (κ2) is 4.32. The number of carbonyl (C=O) groups is 1. The van der Waals surface area contributed by atoms with E-state index in [2.05, 4.69) is 5.32 Å². The van der Waals surface area contributed by atoms with E-state index in [-0.39, 0.29) is 6.17 Å². The third kappa shape index (κ3) is 2.46. The molecule has 9 heavy (non-hydrogen) atoms. The molecule has 3 heteroatoms. The molecule has 0 fully saturated rings. The van der Waals surface area contributed by atoms with Crippen LogP contribution in [0.5, 0.6) is 0 Å². The average Bonchev–Trinajstić information content (AvgIpc) is 1.90. The molecule has 0 aromatic rings. The Kier molecular flexibility index (Phi) is 4.05. The van der Waals surface area contributed by atoms with Gasteiger partial charge in [0.2, 0.25) is 6.41 Å². The van der Waals surface area contributed by atoms with Crippen molar-refractivity contribution in [2.75, 3.05) is 13.6 Å². The van der Waals surface area contributed by atoms with Gasteiger partial charge < -0.3 is 10.2 Å². The van der Waals surface area contributed by atoms with E-state index in [9.17, 15) is 4.79 Å². The van der Waals surface area contributed by atoms with E-state index in [1.54, 1.807) is 4.90 Å². The smallest absolute Gasteiger partial charge is 0.210 e. The van der Waals surface area contributed by atoms with Crippen LogP contribution in [0.4, 0.5) is 0 Å². The number of carbonyl (C=O) groups excluding carboxylic acids is 1. The molecule has 0 bridgehead atoms. The predicted octanol–water partition coefficient (Wildman–Crippen LogP) is 0.0301. The first kappa shape index (κ1) is 8.43. The van der Waals surface area contributed by atoms with Gasteiger partial charge in [-0.2, -0.15) is 0 Å². The second-order valence-corrected chi connectivity index (χ2v) is 1.90. The highest BCUT2D eigenvalue weighted by Gasteiger charge is 2.03. The predicted molar refractivity (Wildman–Crippen MR) is 37.0 cm³/mol. The van der Waals surface area contributed by atoms with Gasteiger partial charge in [0.05, 0.1) is 6.17 Å². The molecule has 1 unspecified atom stereocenters. The van der Waals surface area contributed by atoms with Gasteiger partial charge in [-0.3, -0.25) is 4.79 Å². The Hall–Kier alpha value is -0.570. The SMILES string of the molecule is CCN(C=O)C(C)NC. The average molecular weight is 130 g/mol. The summed E-state index contributed by atoms with van der Waals surface area (Å²) in [7, 11) is 1.83. The molecule has 0 aliphatic rings. The summed E-state index contributed by atoms with van der Waals surface area (Å²) < 4.78 is 0. The maximum absolute atomic E-state index is 10.2. The van der Waals surface area contributed by atoms with Crippen LogP contribution in [0.25, 0.3) is 0 Å². The summed E-state index contributed by atoms with van der Waals surface area (Å²) in [5.74, 6) is 0. The molecule has 0 spiro atoms. The molecule has 0 aliphatic heterocycles. The van der Waals surface area contributed by atoms with Crippen LogP contribution in [0, 0.1) is 0 Å². The molecule has 0 radical (unpaired) electrons. The Bertz CT molecular complexity index is 85.1. The van der Waals surface area contributed by atoms with Crippen LogP contribution in [-0.4, -0.2) is 31.1 Å². The molecule has 0 saturated carbocycles. The minimum Gasteiger partial charge on any atom is -0.330 e. The standard InChI is InChI=1S/C6H14N2O/c1-4-8(5-9)6(2)7-3/h5-7H,4H2,1-3H3. The van der Waals surface area contributed by atoms with Gasteiger partial charge in [0.15, 0.2) is 0 Å². The van der Waals surface area contributed by atoms with Crippen molar-refractivity contribution in [3.05, 3.63) is 0 Å². The third-order valence-electron chi connectivity index (χ3n) is 1.42. The molecular formula is C6H14N2O. The molecule has 3 nitrogen and oxygen atoms in total. The fourth-order valence-electron chi connectivity index (χ4n) is 0.606. The summed E-state index contributed by atoms with van der Waals surface area (Å²) in [6.45, 7) is 4.64. The lowest BCUT2D eigenvalue weighted by Crippen LogP contribution is -2.40. The van der Waals surface area contributed by atoms with Crippen molar-refractivity contribution in [3.63, 3.8) is 0 Å². The van der Waals surface area contributed by atoms with Crippen molar-refractivity contribution in [1.29, 1.82) is 0 Å². The van der Waals surface area contributed by atoms with Crippen molar-refractivity contribution >= 4 is 6.41 Å². The number of rotatable bonds is 4. The zero-order valence-corrected chi connectivity index (χ0v) is 6.22. The Morgan fingerprint density at radius 3 is 2.44 bits per heavy atom. The zero-order chi connectivity index (χ0) is 7.28. The van der Waals surface area contributed by atoms with E-state index in [0.717, 1.165) is 13.0 Å². The van der Waals surface area contributed by atoms with Crippen LogP contribution < -0.4 is 5.32 Å². The van der Waals surface area contributed by atoms with Crippen molar-refractivity contribution < 1.29 is 4.79 Å². The highest BCUT2D eigenvalue weighted by atomic mass is 16.1. The van der Waals surface area contributed by atoms with Crippen LogP contribution in [0.2, 0.25) is 0 Å².